The lowest BCUT2D eigenvalue weighted by Gasteiger charge is -2.11. The first kappa shape index (κ1) is 17.0. The summed E-state index contributed by atoms with van der Waals surface area (Å²) < 4.78 is 23.7. The summed E-state index contributed by atoms with van der Waals surface area (Å²) in [6.07, 6.45) is 2.99. The SMILES string of the molecule is CCCCNc1ccc(C(=O)N=C(N)N)cc1S(C)(=O)=O. The van der Waals surface area contributed by atoms with Crippen molar-refractivity contribution in [3.05, 3.63) is 23.8 Å². The molecule has 0 heterocycles. The number of nitrogens with one attached hydrogen (secondary N) is 1. The van der Waals surface area contributed by atoms with Gasteiger partial charge in [-0.1, -0.05) is 13.3 Å². The number of anilines is 1. The Bertz CT molecular complexity index is 649. The van der Waals surface area contributed by atoms with Crippen LogP contribution < -0.4 is 16.8 Å². The molecule has 116 valence electrons. The Balaban J connectivity index is 3.19. The van der Waals surface area contributed by atoms with E-state index in [-0.39, 0.29) is 16.4 Å². The van der Waals surface area contributed by atoms with Crippen LogP contribution in [-0.4, -0.2) is 33.1 Å². The van der Waals surface area contributed by atoms with Gasteiger partial charge in [0.1, 0.15) is 0 Å². The molecular weight excluding hydrogens is 292 g/mol. The highest BCUT2D eigenvalue weighted by atomic mass is 32.2. The lowest BCUT2D eigenvalue weighted by Crippen LogP contribution is -2.24. The van der Waals surface area contributed by atoms with Crippen LogP contribution in [0.25, 0.3) is 0 Å². The quantitative estimate of drug-likeness (QED) is 0.403. The second kappa shape index (κ2) is 7.07. The van der Waals surface area contributed by atoms with Crippen molar-refractivity contribution in [3.63, 3.8) is 0 Å². The number of amides is 1. The number of sulfone groups is 1. The highest BCUT2D eigenvalue weighted by Crippen LogP contribution is 2.23. The van der Waals surface area contributed by atoms with Gasteiger partial charge in [0, 0.05) is 18.4 Å². The number of guanidine groups is 1. The molecule has 1 rings (SSSR count). The number of nitrogens with two attached hydrogens (primary N) is 2. The van der Waals surface area contributed by atoms with Crippen LogP contribution in [0, 0.1) is 0 Å². The largest absolute Gasteiger partial charge is 0.384 e. The second-order valence-electron chi connectivity index (χ2n) is 4.61. The van der Waals surface area contributed by atoms with E-state index < -0.39 is 15.7 Å². The van der Waals surface area contributed by atoms with E-state index in [0.29, 0.717) is 12.2 Å². The van der Waals surface area contributed by atoms with Crippen LogP contribution in [0.3, 0.4) is 0 Å². The van der Waals surface area contributed by atoms with Crippen LogP contribution in [0.15, 0.2) is 28.1 Å². The minimum Gasteiger partial charge on any atom is -0.384 e. The summed E-state index contributed by atoms with van der Waals surface area (Å²) >= 11 is 0. The van der Waals surface area contributed by atoms with E-state index in [1.54, 1.807) is 6.07 Å². The molecule has 0 saturated heterocycles. The van der Waals surface area contributed by atoms with Crippen LogP contribution >= 0.6 is 0 Å². The van der Waals surface area contributed by atoms with E-state index >= 15 is 0 Å². The smallest absolute Gasteiger partial charge is 0.280 e. The number of aliphatic imine (C=N–C) groups is 1. The number of carbonyl (C=O) groups excluding carboxylic acids is 1. The first-order valence-corrected chi connectivity index (χ1v) is 8.36. The average molecular weight is 312 g/mol. The molecule has 1 aromatic carbocycles. The Hall–Kier alpha value is -2.09. The van der Waals surface area contributed by atoms with Gasteiger partial charge < -0.3 is 16.8 Å². The topological polar surface area (TPSA) is 128 Å². The predicted molar refractivity (Wildman–Crippen MR) is 83.1 cm³/mol. The molecule has 0 radical (unpaired) electrons. The number of carbonyl (C=O) groups is 1. The Labute approximate surface area is 124 Å². The maximum atomic E-state index is 11.8. The molecule has 0 bridgehead atoms. The molecule has 5 N–H and O–H groups in total. The van der Waals surface area contributed by atoms with Gasteiger partial charge in [-0.05, 0) is 24.6 Å². The van der Waals surface area contributed by atoms with Gasteiger partial charge >= 0.3 is 0 Å². The zero-order valence-electron chi connectivity index (χ0n) is 12.1. The van der Waals surface area contributed by atoms with Crippen LogP contribution in [-0.2, 0) is 9.84 Å². The minimum atomic E-state index is -3.48. The molecule has 7 nitrogen and oxygen atoms in total. The number of hydrogen-bond acceptors (Lipinski definition) is 4. The normalized spacial score (nSPS) is 11.0. The summed E-state index contributed by atoms with van der Waals surface area (Å²) in [5, 5.41) is 3.05. The monoisotopic (exact) mass is 312 g/mol. The fourth-order valence-electron chi connectivity index (χ4n) is 1.69. The van der Waals surface area contributed by atoms with E-state index in [0.717, 1.165) is 19.1 Å². The van der Waals surface area contributed by atoms with Crippen molar-refractivity contribution in [2.24, 2.45) is 16.5 Å². The Kier molecular flexibility index (Phi) is 5.71. The summed E-state index contributed by atoms with van der Waals surface area (Å²) in [4.78, 5) is 15.2. The van der Waals surface area contributed by atoms with Crippen LogP contribution in [0.2, 0.25) is 0 Å². The molecule has 21 heavy (non-hydrogen) atoms. The van der Waals surface area contributed by atoms with Crippen molar-refractivity contribution in [2.75, 3.05) is 18.1 Å². The molecule has 0 atom stereocenters. The van der Waals surface area contributed by atoms with Gasteiger partial charge in [-0.15, -0.1) is 0 Å². The Morgan fingerprint density at radius 3 is 2.52 bits per heavy atom. The van der Waals surface area contributed by atoms with E-state index in [2.05, 4.69) is 10.3 Å². The van der Waals surface area contributed by atoms with Crippen molar-refractivity contribution in [3.8, 4) is 0 Å². The fraction of sp³-hybridized carbons (Fsp3) is 0.385. The van der Waals surface area contributed by atoms with E-state index in [9.17, 15) is 13.2 Å². The van der Waals surface area contributed by atoms with Crippen molar-refractivity contribution in [2.45, 2.75) is 24.7 Å². The van der Waals surface area contributed by atoms with Crippen LogP contribution in [0.5, 0.6) is 0 Å². The minimum absolute atomic E-state index is 0.0512. The molecule has 0 aromatic heterocycles. The Morgan fingerprint density at radius 1 is 1.33 bits per heavy atom. The van der Waals surface area contributed by atoms with Gasteiger partial charge in [-0.25, -0.2) is 8.42 Å². The van der Waals surface area contributed by atoms with Gasteiger partial charge in [-0.2, -0.15) is 4.99 Å². The summed E-state index contributed by atoms with van der Waals surface area (Å²) in [5.41, 5.74) is 10.9. The predicted octanol–water partition coefficient (Wildman–Crippen LogP) is 0.716. The summed E-state index contributed by atoms with van der Waals surface area (Å²) in [6.45, 7) is 2.69. The van der Waals surface area contributed by atoms with E-state index in [1.165, 1.54) is 12.1 Å². The maximum Gasteiger partial charge on any atom is 0.280 e. The standard InChI is InChI=1S/C13H20N4O3S/c1-3-4-7-16-10-6-5-9(12(18)17-13(14)15)8-11(10)21(2,19)20/h5-6,8,16H,3-4,7H2,1-2H3,(H4,14,15,17,18). The molecule has 0 saturated carbocycles. The molecule has 0 aliphatic heterocycles. The molecule has 0 aliphatic rings. The van der Waals surface area contributed by atoms with E-state index in [4.69, 9.17) is 11.5 Å². The van der Waals surface area contributed by atoms with Crippen molar-refractivity contribution in [1.82, 2.24) is 0 Å². The third-order valence-corrected chi connectivity index (χ3v) is 3.84. The maximum absolute atomic E-state index is 11.8. The van der Waals surface area contributed by atoms with Gasteiger partial charge in [0.25, 0.3) is 5.91 Å². The number of hydrogen-bond donors (Lipinski definition) is 3. The molecule has 1 aromatic rings. The molecule has 0 fully saturated rings. The fourth-order valence-corrected chi connectivity index (χ4v) is 2.57. The summed E-state index contributed by atoms with van der Waals surface area (Å²) in [7, 11) is -3.48. The number of nitrogens with zero attached hydrogens (tertiary/aromatic N) is 1. The zero-order valence-corrected chi connectivity index (χ0v) is 12.9. The second-order valence-corrected chi connectivity index (χ2v) is 6.59. The third-order valence-electron chi connectivity index (χ3n) is 2.70. The molecule has 0 aliphatic carbocycles. The molecular formula is C13H20N4O3S. The number of unbranched alkanes of at least 4 members (excludes halogenated alkanes) is 1. The first-order chi connectivity index (χ1) is 9.75. The first-order valence-electron chi connectivity index (χ1n) is 6.47. The van der Waals surface area contributed by atoms with Gasteiger partial charge in [0.2, 0.25) is 0 Å². The third kappa shape index (κ3) is 5.07. The van der Waals surface area contributed by atoms with Crippen molar-refractivity contribution >= 4 is 27.4 Å². The summed E-state index contributed by atoms with van der Waals surface area (Å²) in [5.74, 6) is -1.05. The molecule has 8 heteroatoms. The highest BCUT2D eigenvalue weighted by Gasteiger charge is 2.16. The van der Waals surface area contributed by atoms with E-state index in [1.807, 2.05) is 6.92 Å². The zero-order chi connectivity index (χ0) is 16.0. The van der Waals surface area contributed by atoms with Crippen molar-refractivity contribution < 1.29 is 13.2 Å². The van der Waals surface area contributed by atoms with Gasteiger partial charge in [0.05, 0.1) is 10.6 Å². The lowest BCUT2D eigenvalue weighted by atomic mass is 10.2. The Morgan fingerprint density at radius 2 is 2.00 bits per heavy atom. The highest BCUT2D eigenvalue weighted by molar-refractivity contribution is 7.90. The average Bonchev–Trinajstić information content (AvgIpc) is 2.37. The molecule has 0 unspecified atom stereocenters. The molecule has 1 amide bonds. The van der Waals surface area contributed by atoms with Crippen LogP contribution in [0.1, 0.15) is 30.1 Å². The van der Waals surface area contributed by atoms with Crippen LogP contribution in [0.4, 0.5) is 5.69 Å². The summed E-state index contributed by atoms with van der Waals surface area (Å²) in [6, 6.07) is 4.30. The lowest BCUT2D eigenvalue weighted by molar-refractivity contribution is 0.100. The van der Waals surface area contributed by atoms with Gasteiger partial charge in [0.15, 0.2) is 15.8 Å². The van der Waals surface area contributed by atoms with Gasteiger partial charge in [-0.3, -0.25) is 4.79 Å². The number of rotatable bonds is 6. The molecule has 0 spiro atoms. The van der Waals surface area contributed by atoms with Crippen molar-refractivity contribution in [1.29, 1.82) is 0 Å². The number of benzene rings is 1.